The summed E-state index contributed by atoms with van der Waals surface area (Å²) in [5, 5.41) is 3.51. The molecule has 1 saturated carbocycles. The Bertz CT molecular complexity index is 193. The maximum absolute atomic E-state index is 3.51. The maximum atomic E-state index is 3.51. The van der Waals surface area contributed by atoms with Crippen LogP contribution in [0.15, 0.2) is 0 Å². The first-order chi connectivity index (χ1) is 7.58. The van der Waals surface area contributed by atoms with Crippen molar-refractivity contribution in [2.24, 2.45) is 11.8 Å². The SMILES string of the molecule is CCC(C)N(C)CC1CC(C)CCC1NC. The molecule has 0 amide bonds. The van der Waals surface area contributed by atoms with Gasteiger partial charge in [-0.05, 0) is 58.5 Å². The third kappa shape index (κ3) is 3.74. The molecule has 1 aliphatic rings. The van der Waals surface area contributed by atoms with Crippen LogP contribution in [0.2, 0.25) is 0 Å². The van der Waals surface area contributed by atoms with Crippen LogP contribution < -0.4 is 5.32 Å². The molecule has 4 unspecified atom stereocenters. The zero-order valence-electron chi connectivity index (χ0n) is 11.8. The Hall–Kier alpha value is -0.0800. The van der Waals surface area contributed by atoms with Crippen molar-refractivity contribution in [1.29, 1.82) is 0 Å². The number of hydrogen-bond acceptors (Lipinski definition) is 2. The van der Waals surface area contributed by atoms with E-state index >= 15 is 0 Å². The third-order valence-electron chi connectivity index (χ3n) is 4.48. The monoisotopic (exact) mass is 226 g/mol. The van der Waals surface area contributed by atoms with Gasteiger partial charge in [-0.3, -0.25) is 0 Å². The topological polar surface area (TPSA) is 15.3 Å². The van der Waals surface area contributed by atoms with Crippen molar-refractivity contribution in [2.75, 3.05) is 20.6 Å². The molecule has 0 spiro atoms. The van der Waals surface area contributed by atoms with Crippen molar-refractivity contribution in [2.45, 2.75) is 58.5 Å². The minimum absolute atomic E-state index is 0.717. The Morgan fingerprint density at radius 3 is 2.62 bits per heavy atom. The van der Waals surface area contributed by atoms with Crippen LogP contribution in [0.1, 0.15) is 46.5 Å². The van der Waals surface area contributed by atoms with Crippen LogP contribution in [-0.4, -0.2) is 37.6 Å². The molecule has 0 aromatic heterocycles. The van der Waals surface area contributed by atoms with Crippen LogP contribution in [0, 0.1) is 11.8 Å². The van der Waals surface area contributed by atoms with E-state index in [1.165, 1.54) is 32.2 Å². The first kappa shape index (κ1) is 14.0. The van der Waals surface area contributed by atoms with Gasteiger partial charge in [-0.1, -0.05) is 13.8 Å². The van der Waals surface area contributed by atoms with Gasteiger partial charge in [-0.15, -0.1) is 0 Å². The zero-order valence-corrected chi connectivity index (χ0v) is 11.8. The van der Waals surface area contributed by atoms with Gasteiger partial charge in [-0.25, -0.2) is 0 Å². The first-order valence-electron chi connectivity index (χ1n) is 6.95. The fraction of sp³-hybridized carbons (Fsp3) is 1.00. The largest absolute Gasteiger partial charge is 0.317 e. The summed E-state index contributed by atoms with van der Waals surface area (Å²) >= 11 is 0. The number of nitrogens with one attached hydrogen (secondary N) is 1. The van der Waals surface area contributed by atoms with Gasteiger partial charge in [0.25, 0.3) is 0 Å². The molecule has 1 rings (SSSR count). The quantitative estimate of drug-likeness (QED) is 0.775. The molecular formula is C14H30N2. The van der Waals surface area contributed by atoms with Crippen LogP contribution in [0.3, 0.4) is 0 Å². The molecular weight excluding hydrogens is 196 g/mol. The van der Waals surface area contributed by atoms with Crippen molar-refractivity contribution < 1.29 is 0 Å². The summed E-state index contributed by atoms with van der Waals surface area (Å²) in [6.45, 7) is 8.27. The highest BCUT2D eigenvalue weighted by Gasteiger charge is 2.28. The molecule has 0 heterocycles. The van der Waals surface area contributed by atoms with Crippen LogP contribution in [0.25, 0.3) is 0 Å². The van der Waals surface area contributed by atoms with Crippen LogP contribution in [0.4, 0.5) is 0 Å². The summed E-state index contributed by atoms with van der Waals surface area (Å²) in [6, 6.07) is 1.46. The lowest BCUT2D eigenvalue weighted by Gasteiger charge is -2.38. The Labute approximate surface area is 102 Å². The van der Waals surface area contributed by atoms with Gasteiger partial charge in [0.05, 0.1) is 0 Å². The summed E-state index contributed by atoms with van der Waals surface area (Å²) < 4.78 is 0. The van der Waals surface area contributed by atoms with Crippen LogP contribution in [-0.2, 0) is 0 Å². The standard InChI is InChI=1S/C14H30N2/c1-6-12(3)16(5)10-13-9-11(2)7-8-14(13)15-4/h11-15H,6-10H2,1-5H3. The summed E-state index contributed by atoms with van der Waals surface area (Å²) in [4.78, 5) is 2.53. The van der Waals surface area contributed by atoms with Crippen molar-refractivity contribution in [3.63, 3.8) is 0 Å². The van der Waals surface area contributed by atoms with Gasteiger partial charge in [-0.2, -0.15) is 0 Å². The van der Waals surface area contributed by atoms with Crippen LogP contribution >= 0.6 is 0 Å². The van der Waals surface area contributed by atoms with Crippen molar-refractivity contribution in [1.82, 2.24) is 10.2 Å². The fourth-order valence-corrected chi connectivity index (χ4v) is 2.94. The van der Waals surface area contributed by atoms with Crippen LogP contribution in [0.5, 0.6) is 0 Å². The van der Waals surface area contributed by atoms with Gasteiger partial charge < -0.3 is 10.2 Å². The average molecular weight is 226 g/mol. The van der Waals surface area contributed by atoms with Crippen molar-refractivity contribution >= 4 is 0 Å². The fourth-order valence-electron chi connectivity index (χ4n) is 2.94. The summed E-state index contributed by atoms with van der Waals surface area (Å²) in [5.41, 5.74) is 0. The highest BCUT2D eigenvalue weighted by Crippen LogP contribution is 2.29. The smallest absolute Gasteiger partial charge is 0.0105 e. The van der Waals surface area contributed by atoms with E-state index in [2.05, 4.69) is 45.1 Å². The summed E-state index contributed by atoms with van der Waals surface area (Å²) in [5.74, 6) is 1.76. The average Bonchev–Trinajstić information content (AvgIpc) is 2.28. The second-order valence-electron chi connectivity index (χ2n) is 5.77. The molecule has 0 bridgehead atoms. The van der Waals surface area contributed by atoms with Gasteiger partial charge in [0, 0.05) is 18.6 Å². The molecule has 0 radical (unpaired) electrons. The lowest BCUT2D eigenvalue weighted by Crippen LogP contribution is -2.45. The first-order valence-corrected chi connectivity index (χ1v) is 6.95. The predicted molar refractivity (Wildman–Crippen MR) is 71.7 cm³/mol. The lowest BCUT2D eigenvalue weighted by atomic mass is 9.78. The predicted octanol–water partition coefficient (Wildman–Crippen LogP) is 2.74. The molecule has 0 aliphatic heterocycles. The molecule has 2 nitrogen and oxygen atoms in total. The summed E-state index contributed by atoms with van der Waals surface area (Å²) in [6.07, 6.45) is 5.40. The van der Waals surface area contributed by atoms with E-state index in [1.807, 2.05) is 0 Å². The van der Waals surface area contributed by atoms with E-state index in [4.69, 9.17) is 0 Å². The minimum atomic E-state index is 0.717. The van der Waals surface area contributed by atoms with Gasteiger partial charge in [0.1, 0.15) is 0 Å². The van der Waals surface area contributed by atoms with Gasteiger partial charge in [0.2, 0.25) is 0 Å². The molecule has 0 saturated heterocycles. The molecule has 0 aromatic carbocycles. The summed E-state index contributed by atoms with van der Waals surface area (Å²) in [7, 11) is 4.40. The highest BCUT2D eigenvalue weighted by molar-refractivity contribution is 4.84. The Morgan fingerprint density at radius 2 is 2.06 bits per heavy atom. The van der Waals surface area contributed by atoms with Crippen molar-refractivity contribution in [3.05, 3.63) is 0 Å². The molecule has 1 N–H and O–H groups in total. The maximum Gasteiger partial charge on any atom is 0.0105 e. The normalized spacial score (nSPS) is 33.0. The second-order valence-corrected chi connectivity index (χ2v) is 5.77. The van der Waals surface area contributed by atoms with E-state index in [9.17, 15) is 0 Å². The van der Waals surface area contributed by atoms with Gasteiger partial charge in [0.15, 0.2) is 0 Å². The third-order valence-corrected chi connectivity index (χ3v) is 4.48. The number of hydrogen-bond donors (Lipinski definition) is 1. The minimum Gasteiger partial charge on any atom is -0.317 e. The Kier molecular flexibility index (Phi) is 5.77. The molecule has 2 heteroatoms. The van der Waals surface area contributed by atoms with Crippen molar-refractivity contribution in [3.8, 4) is 0 Å². The van der Waals surface area contributed by atoms with E-state index in [-0.39, 0.29) is 0 Å². The zero-order chi connectivity index (χ0) is 12.1. The molecule has 4 atom stereocenters. The van der Waals surface area contributed by atoms with Gasteiger partial charge >= 0.3 is 0 Å². The molecule has 1 aliphatic carbocycles. The van der Waals surface area contributed by atoms with E-state index in [0.29, 0.717) is 0 Å². The Morgan fingerprint density at radius 1 is 1.38 bits per heavy atom. The van der Waals surface area contributed by atoms with E-state index in [1.54, 1.807) is 0 Å². The highest BCUT2D eigenvalue weighted by atomic mass is 15.1. The van der Waals surface area contributed by atoms with E-state index in [0.717, 1.165) is 23.9 Å². The molecule has 1 fully saturated rings. The number of nitrogens with zero attached hydrogens (tertiary/aromatic N) is 1. The molecule has 96 valence electrons. The lowest BCUT2D eigenvalue weighted by molar-refractivity contribution is 0.141. The Balaban J connectivity index is 2.48. The second kappa shape index (κ2) is 6.61. The number of rotatable bonds is 5. The molecule has 16 heavy (non-hydrogen) atoms. The molecule has 0 aromatic rings. The van der Waals surface area contributed by atoms with E-state index < -0.39 is 0 Å².